The fraction of sp³-hybridized carbons (Fsp3) is 0.200. The van der Waals surface area contributed by atoms with Crippen LogP contribution in [0.2, 0.25) is 0 Å². The lowest BCUT2D eigenvalue weighted by Crippen LogP contribution is -1.99. The van der Waals surface area contributed by atoms with Gasteiger partial charge in [0.15, 0.2) is 0 Å². The molecule has 3 N–H and O–H groups in total. The Morgan fingerprint density at radius 2 is 2.40 bits per heavy atom. The molecule has 4 nitrogen and oxygen atoms in total. The molecule has 1 rings (SSSR count). The minimum atomic E-state index is -0.132. The van der Waals surface area contributed by atoms with Crippen molar-refractivity contribution < 1.29 is 5.11 Å². The minimum absolute atomic E-state index is 0.132. The first kappa shape index (κ1) is 7.43. The Balaban J connectivity index is 3.09. The Labute approximate surface area is 66.2 Å². The van der Waals surface area contributed by atoms with E-state index in [1.807, 2.05) is 0 Å². The van der Waals surface area contributed by atoms with Crippen LogP contribution in [0.1, 0.15) is 5.69 Å². The first-order chi connectivity index (χ1) is 4.74. The molecule has 1 heterocycles. The van der Waals surface area contributed by atoms with Crippen LogP contribution in [0.4, 0.5) is 5.95 Å². The average molecular weight is 204 g/mol. The highest BCUT2D eigenvalue weighted by Crippen LogP contribution is 2.12. The van der Waals surface area contributed by atoms with Gasteiger partial charge in [0, 0.05) is 6.20 Å². The largest absolute Gasteiger partial charge is 0.390 e. The van der Waals surface area contributed by atoms with E-state index in [0.29, 0.717) is 10.2 Å². The van der Waals surface area contributed by atoms with Crippen LogP contribution < -0.4 is 5.73 Å². The van der Waals surface area contributed by atoms with E-state index >= 15 is 0 Å². The third kappa shape index (κ3) is 1.43. The predicted molar refractivity (Wildman–Crippen MR) is 40.1 cm³/mol. The Bertz CT molecular complexity index is 240. The molecule has 0 saturated carbocycles. The second-order valence-electron chi connectivity index (χ2n) is 1.68. The van der Waals surface area contributed by atoms with Gasteiger partial charge in [-0.05, 0) is 15.9 Å². The normalized spacial score (nSPS) is 9.80. The number of nitrogen functional groups attached to an aromatic ring is 1. The number of hydrogen-bond acceptors (Lipinski definition) is 4. The van der Waals surface area contributed by atoms with Crippen LogP contribution in [-0.2, 0) is 6.61 Å². The molecule has 0 bridgehead atoms. The molecule has 0 fully saturated rings. The van der Waals surface area contributed by atoms with Crippen LogP contribution in [0.25, 0.3) is 0 Å². The number of hydrogen-bond donors (Lipinski definition) is 2. The van der Waals surface area contributed by atoms with E-state index in [2.05, 4.69) is 25.9 Å². The first-order valence-electron chi connectivity index (χ1n) is 2.62. The Hall–Kier alpha value is -0.680. The Morgan fingerprint density at radius 1 is 1.70 bits per heavy atom. The lowest BCUT2D eigenvalue weighted by Gasteiger charge is -1.97. The van der Waals surface area contributed by atoms with Crippen molar-refractivity contribution in [3.63, 3.8) is 0 Å². The number of aromatic nitrogens is 2. The van der Waals surface area contributed by atoms with E-state index in [-0.39, 0.29) is 12.6 Å². The van der Waals surface area contributed by atoms with Crippen LogP contribution in [0.5, 0.6) is 0 Å². The summed E-state index contributed by atoms with van der Waals surface area (Å²) in [6.07, 6.45) is 1.51. The van der Waals surface area contributed by atoms with E-state index in [1.54, 1.807) is 0 Å². The van der Waals surface area contributed by atoms with Gasteiger partial charge in [0.2, 0.25) is 5.95 Å². The molecular formula is C5H6BrN3O. The zero-order valence-corrected chi connectivity index (χ0v) is 6.67. The van der Waals surface area contributed by atoms with Gasteiger partial charge in [-0.3, -0.25) is 0 Å². The van der Waals surface area contributed by atoms with Gasteiger partial charge in [0.25, 0.3) is 0 Å². The highest BCUT2D eigenvalue weighted by atomic mass is 79.9. The lowest BCUT2D eigenvalue weighted by atomic mass is 10.4. The maximum atomic E-state index is 8.67. The second kappa shape index (κ2) is 2.94. The van der Waals surface area contributed by atoms with Gasteiger partial charge in [-0.25, -0.2) is 9.97 Å². The van der Waals surface area contributed by atoms with Gasteiger partial charge in [0.1, 0.15) is 0 Å². The van der Waals surface area contributed by atoms with E-state index in [9.17, 15) is 0 Å². The summed E-state index contributed by atoms with van der Waals surface area (Å²) in [6, 6.07) is 0. The monoisotopic (exact) mass is 203 g/mol. The number of anilines is 1. The first-order valence-corrected chi connectivity index (χ1v) is 3.41. The van der Waals surface area contributed by atoms with Crippen LogP contribution in [-0.4, -0.2) is 15.1 Å². The molecule has 0 radical (unpaired) electrons. The van der Waals surface area contributed by atoms with Crippen LogP contribution in [0.15, 0.2) is 10.7 Å². The Kier molecular flexibility index (Phi) is 2.18. The molecule has 0 spiro atoms. The van der Waals surface area contributed by atoms with E-state index in [4.69, 9.17) is 10.8 Å². The molecule has 1 aromatic rings. The van der Waals surface area contributed by atoms with Crippen LogP contribution >= 0.6 is 15.9 Å². The molecule has 0 saturated heterocycles. The zero-order valence-electron chi connectivity index (χ0n) is 5.08. The number of aliphatic hydroxyl groups excluding tert-OH is 1. The summed E-state index contributed by atoms with van der Waals surface area (Å²) < 4.78 is 0.671. The molecule has 0 aliphatic rings. The van der Waals surface area contributed by atoms with Crippen LogP contribution in [0.3, 0.4) is 0 Å². The number of nitrogens with two attached hydrogens (primary N) is 1. The third-order valence-electron chi connectivity index (χ3n) is 0.985. The Morgan fingerprint density at radius 3 is 2.90 bits per heavy atom. The maximum absolute atomic E-state index is 8.67. The molecule has 0 amide bonds. The van der Waals surface area contributed by atoms with Crippen molar-refractivity contribution in [3.05, 3.63) is 16.4 Å². The van der Waals surface area contributed by atoms with Gasteiger partial charge in [-0.2, -0.15) is 0 Å². The van der Waals surface area contributed by atoms with Gasteiger partial charge in [-0.1, -0.05) is 0 Å². The molecule has 1 aromatic heterocycles. The molecule has 0 atom stereocenters. The molecule has 0 unspecified atom stereocenters. The standard InChI is InChI=1S/C5H6BrN3O/c6-3-1-8-5(7)9-4(3)2-10/h1,10H,2H2,(H2,7,8,9). The van der Waals surface area contributed by atoms with Gasteiger partial charge >= 0.3 is 0 Å². The average Bonchev–Trinajstić information content (AvgIpc) is 1.94. The van der Waals surface area contributed by atoms with Crippen molar-refractivity contribution in [3.8, 4) is 0 Å². The molecule has 5 heteroatoms. The van der Waals surface area contributed by atoms with Crippen molar-refractivity contribution in [2.24, 2.45) is 0 Å². The summed E-state index contributed by atoms with van der Waals surface area (Å²) in [5, 5.41) is 8.67. The summed E-state index contributed by atoms with van der Waals surface area (Å²) in [6.45, 7) is -0.132. The lowest BCUT2D eigenvalue weighted by molar-refractivity contribution is 0.276. The molecular weight excluding hydrogens is 198 g/mol. The zero-order chi connectivity index (χ0) is 7.56. The molecule has 54 valence electrons. The van der Waals surface area contributed by atoms with Gasteiger partial charge in [0.05, 0.1) is 16.8 Å². The molecule has 0 aromatic carbocycles. The summed E-state index contributed by atoms with van der Waals surface area (Å²) >= 11 is 3.15. The van der Waals surface area contributed by atoms with Crippen molar-refractivity contribution >= 4 is 21.9 Å². The number of rotatable bonds is 1. The summed E-state index contributed by atoms with van der Waals surface area (Å²) in [4.78, 5) is 7.46. The maximum Gasteiger partial charge on any atom is 0.220 e. The fourth-order valence-corrected chi connectivity index (χ4v) is 0.845. The SMILES string of the molecule is Nc1ncc(Br)c(CO)n1. The molecule has 0 aliphatic heterocycles. The van der Waals surface area contributed by atoms with E-state index in [1.165, 1.54) is 6.20 Å². The third-order valence-corrected chi connectivity index (χ3v) is 1.65. The summed E-state index contributed by atoms with van der Waals surface area (Å²) in [5.74, 6) is 0.173. The van der Waals surface area contributed by atoms with Gasteiger partial charge in [-0.15, -0.1) is 0 Å². The number of aliphatic hydroxyl groups is 1. The quantitative estimate of drug-likeness (QED) is 0.690. The molecule has 0 aliphatic carbocycles. The van der Waals surface area contributed by atoms with Crippen molar-refractivity contribution in [1.82, 2.24) is 9.97 Å². The van der Waals surface area contributed by atoms with Crippen molar-refractivity contribution in [2.75, 3.05) is 5.73 Å². The van der Waals surface area contributed by atoms with Gasteiger partial charge < -0.3 is 10.8 Å². The fourth-order valence-electron chi connectivity index (χ4n) is 0.529. The smallest absolute Gasteiger partial charge is 0.220 e. The van der Waals surface area contributed by atoms with Crippen molar-refractivity contribution in [1.29, 1.82) is 0 Å². The van der Waals surface area contributed by atoms with E-state index in [0.717, 1.165) is 0 Å². The highest BCUT2D eigenvalue weighted by molar-refractivity contribution is 9.10. The summed E-state index contributed by atoms with van der Waals surface area (Å²) in [5.41, 5.74) is 5.76. The number of nitrogens with zero attached hydrogens (tertiary/aromatic N) is 2. The minimum Gasteiger partial charge on any atom is -0.390 e. The van der Waals surface area contributed by atoms with E-state index < -0.39 is 0 Å². The number of halogens is 1. The van der Waals surface area contributed by atoms with Crippen molar-refractivity contribution in [2.45, 2.75) is 6.61 Å². The summed E-state index contributed by atoms with van der Waals surface area (Å²) in [7, 11) is 0. The topological polar surface area (TPSA) is 72.0 Å². The van der Waals surface area contributed by atoms with Crippen LogP contribution in [0, 0.1) is 0 Å². The predicted octanol–water partition coefficient (Wildman–Crippen LogP) is 0.314. The highest BCUT2D eigenvalue weighted by Gasteiger charge is 1.99. The molecule has 10 heavy (non-hydrogen) atoms. The second-order valence-corrected chi connectivity index (χ2v) is 2.54.